The summed E-state index contributed by atoms with van der Waals surface area (Å²) in [6.07, 6.45) is 1.63. The first kappa shape index (κ1) is 16.3. The number of anilines is 1. The number of carboxylic acids is 1. The predicted molar refractivity (Wildman–Crippen MR) is 93.2 cm³/mol. The van der Waals surface area contributed by atoms with Crippen LogP contribution >= 0.6 is 15.9 Å². The summed E-state index contributed by atoms with van der Waals surface area (Å²) in [5, 5.41) is 12.1. The van der Waals surface area contributed by atoms with E-state index in [1.807, 2.05) is 12.1 Å². The maximum atomic E-state index is 12.5. The van der Waals surface area contributed by atoms with Gasteiger partial charge in [-0.1, -0.05) is 22.0 Å². The van der Waals surface area contributed by atoms with Crippen LogP contribution in [0.5, 0.6) is 0 Å². The monoisotopic (exact) mass is 387 g/mol. The molecule has 2 N–H and O–H groups in total. The van der Waals surface area contributed by atoms with Crippen LogP contribution < -0.4 is 5.32 Å². The molecule has 1 aromatic heterocycles. The fourth-order valence-corrected chi connectivity index (χ4v) is 2.84. The van der Waals surface area contributed by atoms with E-state index in [2.05, 4.69) is 31.2 Å². The summed E-state index contributed by atoms with van der Waals surface area (Å²) >= 11 is 3.42. The predicted octanol–water partition coefficient (Wildman–Crippen LogP) is 2.72. The number of nitrogens with zero attached hydrogens (tertiary/aromatic N) is 2. The van der Waals surface area contributed by atoms with Gasteiger partial charge in [0, 0.05) is 16.2 Å². The van der Waals surface area contributed by atoms with Crippen LogP contribution in [0.1, 0.15) is 18.2 Å². The van der Waals surface area contributed by atoms with Gasteiger partial charge in [0.2, 0.25) is 5.91 Å². The molecule has 1 aliphatic rings. The number of nitrogens with one attached hydrogen (secondary N) is 1. The smallest absolute Gasteiger partial charge is 0.308 e. The van der Waals surface area contributed by atoms with E-state index in [1.54, 1.807) is 30.5 Å². The molecule has 1 aromatic carbocycles. The number of fused-ring (bicyclic) bond motifs is 1. The van der Waals surface area contributed by atoms with Gasteiger partial charge in [-0.2, -0.15) is 0 Å². The molecule has 0 saturated carbocycles. The molecular weight excluding hydrogens is 374 g/mol. The van der Waals surface area contributed by atoms with Crippen LogP contribution in [0.25, 0.3) is 0 Å². The Hall–Kier alpha value is -2.54. The summed E-state index contributed by atoms with van der Waals surface area (Å²) in [7, 11) is 0. The zero-order valence-electron chi connectivity index (χ0n) is 12.7. The van der Waals surface area contributed by atoms with E-state index >= 15 is 0 Å². The number of pyridine rings is 1. The van der Waals surface area contributed by atoms with E-state index in [0.717, 1.165) is 4.47 Å². The van der Waals surface area contributed by atoms with Crippen LogP contribution in [0.4, 0.5) is 5.69 Å². The molecule has 122 valence electrons. The first-order valence-electron chi connectivity index (χ1n) is 7.30. The van der Waals surface area contributed by atoms with Gasteiger partial charge >= 0.3 is 5.97 Å². The molecular formula is C17H14BrN3O3. The lowest BCUT2D eigenvalue weighted by molar-refractivity contribution is -0.143. The molecule has 7 heteroatoms. The van der Waals surface area contributed by atoms with Gasteiger partial charge in [-0.15, -0.1) is 0 Å². The number of aliphatic carboxylic acids is 1. The van der Waals surface area contributed by atoms with E-state index in [-0.39, 0.29) is 0 Å². The number of halogens is 1. The van der Waals surface area contributed by atoms with E-state index in [0.29, 0.717) is 22.7 Å². The number of rotatable bonds is 3. The summed E-state index contributed by atoms with van der Waals surface area (Å²) in [5.41, 5.74) is 2.34. The summed E-state index contributed by atoms with van der Waals surface area (Å²) < 4.78 is 0.823. The van der Waals surface area contributed by atoms with Crippen molar-refractivity contribution >= 4 is 39.2 Å². The molecule has 2 heterocycles. The average Bonchev–Trinajstić information content (AvgIpc) is 2.71. The molecule has 3 rings (SSSR count). The number of hydrogen-bond donors (Lipinski definition) is 2. The van der Waals surface area contributed by atoms with Gasteiger partial charge in [-0.3, -0.25) is 19.6 Å². The molecule has 1 amide bonds. The van der Waals surface area contributed by atoms with Crippen molar-refractivity contribution in [1.82, 2.24) is 4.98 Å². The molecule has 0 saturated heterocycles. The van der Waals surface area contributed by atoms with Crippen molar-refractivity contribution in [3.8, 4) is 0 Å². The quantitative estimate of drug-likeness (QED) is 0.846. The molecule has 2 aromatic rings. The maximum absolute atomic E-state index is 12.5. The first-order valence-corrected chi connectivity index (χ1v) is 8.09. The number of benzodiazepines with no additional fused rings is 1. The summed E-state index contributed by atoms with van der Waals surface area (Å²) in [4.78, 5) is 32.6. The maximum Gasteiger partial charge on any atom is 0.308 e. The van der Waals surface area contributed by atoms with Gasteiger partial charge in [-0.05, 0) is 37.3 Å². The lowest BCUT2D eigenvalue weighted by Crippen LogP contribution is -2.35. The van der Waals surface area contributed by atoms with E-state index in [9.17, 15) is 14.7 Å². The summed E-state index contributed by atoms with van der Waals surface area (Å²) in [6, 6.07) is 9.73. The highest BCUT2D eigenvalue weighted by molar-refractivity contribution is 9.10. The highest BCUT2D eigenvalue weighted by Gasteiger charge is 2.33. The van der Waals surface area contributed by atoms with Crippen molar-refractivity contribution < 1.29 is 14.7 Å². The second-order valence-corrected chi connectivity index (χ2v) is 6.36. The second-order valence-electron chi connectivity index (χ2n) is 5.44. The molecule has 6 nitrogen and oxygen atoms in total. The standard InChI is InChI=1S/C17H14BrN3O3/c1-9(17(23)24)14-16(22)20-12-6-5-10(18)8-11(12)15(21-14)13-4-2-3-7-19-13/h2-9,14H,1H3,(H,20,22)(H,23,24)/t9?,14-/m0/s1. The van der Waals surface area contributed by atoms with Gasteiger partial charge in [0.1, 0.15) is 6.04 Å². The Labute approximate surface area is 146 Å². The Morgan fingerprint density at radius 3 is 2.79 bits per heavy atom. The largest absolute Gasteiger partial charge is 0.481 e. The van der Waals surface area contributed by atoms with Gasteiger partial charge in [-0.25, -0.2) is 0 Å². The number of aromatic nitrogens is 1. The Kier molecular flexibility index (Phi) is 4.44. The van der Waals surface area contributed by atoms with Crippen molar-refractivity contribution in [2.45, 2.75) is 13.0 Å². The minimum Gasteiger partial charge on any atom is -0.481 e. The fraction of sp³-hybridized carbons (Fsp3) is 0.176. The number of aliphatic imine (C=N–C) groups is 1. The molecule has 1 unspecified atom stereocenters. The van der Waals surface area contributed by atoms with Crippen LogP contribution in [0.3, 0.4) is 0 Å². The van der Waals surface area contributed by atoms with Crippen LogP contribution in [0, 0.1) is 5.92 Å². The minimum absolute atomic E-state index is 0.445. The van der Waals surface area contributed by atoms with Crippen LogP contribution in [0.2, 0.25) is 0 Å². The highest BCUT2D eigenvalue weighted by atomic mass is 79.9. The molecule has 0 bridgehead atoms. The van der Waals surface area contributed by atoms with E-state index < -0.39 is 23.8 Å². The first-order chi connectivity index (χ1) is 11.5. The van der Waals surface area contributed by atoms with Crippen molar-refractivity contribution in [1.29, 1.82) is 0 Å². The summed E-state index contributed by atoms with van der Waals surface area (Å²) in [6.45, 7) is 1.47. The second kappa shape index (κ2) is 6.52. The van der Waals surface area contributed by atoms with Gasteiger partial charge in [0.25, 0.3) is 0 Å². The average molecular weight is 388 g/mol. The summed E-state index contributed by atoms with van der Waals surface area (Å²) in [5.74, 6) is -2.48. The zero-order valence-corrected chi connectivity index (χ0v) is 14.3. The molecule has 0 fully saturated rings. The van der Waals surface area contributed by atoms with Crippen molar-refractivity contribution in [2.75, 3.05) is 5.32 Å². The molecule has 0 aliphatic carbocycles. The van der Waals surface area contributed by atoms with Crippen molar-refractivity contribution in [3.05, 3.63) is 58.3 Å². The third-order valence-electron chi connectivity index (χ3n) is 3.80. The third kappa shape index (κ3) is 3.07. The van der Waals surface area contributed by atoms with Crippen molar-refractivity contribution in [3.63, 3.8) is 0 Å². The lowest BCUT2D eigenvalue weighted by Gasteiger charge is -2.14. The van der Waals surface area contributed by atoms with Crippen LogP contribution in [-0.2, 0) is 9.59 Å². The highest BCUT2D eigenvalue weighted by Crippen LogP contribution is 2.28. The Morgan fingerprint density at radius 1 is 1.33 bits per heavy atom. The molecule has 1 aliphatic heterocycles. The minimum atomic E-state index is -1.08. The zero-order chi connectivity index (χ0) is 17.3. The number of benzene rings is 1. The van der Waals surface area contributed by atoms with Crippen LogP contribution in [0.15, 0.2) is 52.1 Å². The van der Waals surface area contributed by atoms with E-state index in [4.69, 9.17) is 0 Å². The van der Waals surface area contributed by atoms with E-state index in [1.165, 1.54) is 6.92 Å². The number of carboxylic acid groups (broad SMARTS) is 1. The molecule has 0 spiro atoms. The van der Waals surface area contributed by atoms with Crippen LogP contribution in [-0.4, -0.2) is 33.7 Å². The number of hydrogen-bond acceptors (Lipinski definition) is 4. The molecule has 0 radical (unpaired) electrons. The Balaban J connectivity index is 2.22. The van der Waals surface area contributed by atoms with Gasteiger partial charge < -0.3 is 10.4 Å². The molecule has 2 atom stereocenters. The Bertz CT molecular complexity index is 836. The normalized spacial score (nSPS) is 18.0. The van der Waals surface area contributed by atoms with Gasteiger partial charge in [0.05, 0.1) is 23.0 Å². The topological polar surface area (TPSA) is 91.7 Å². The van der Waals surface area contributed by atoms with Gasteiger partial charge in [0.15, 0.2) is 0 Å². The van der Waals surface area contributed by atoms with Crippen molar-refractivity contribution in [2.24, 2.45) is 10.9 Å². The number of carbonyl (C=O) groups is 2. The molecule has 24 heavy (non-hydrogen) atoms. The SMILES string of the molecule is CC(C(=O)O)[C@@H]1N=C(c2ccccn2)c2cc(Br)ccc2NC1=O. The number of carbonyl (C=O) groups excluding carboxylic acids is 1. The third-order valence-corrected chi connectivity index (χ3v) is 4.30. The lowest BCUT2D eigenvalue weighted by atomic mass is 10.0. The fourth-order valence-electron chi connectivity index (χ4n) is 2.48. The Morgan fingerprint density at radius 2 is 2.12 bits per heavy atom. The number of amides is 1.